The topological polar surface area (TPSA) is 26.8 Å². The van der Waals surface area contributed by atoms with Gasteiger partial charge in [0.05, 0.1) is 17.5 Å². The first-order chi connectivity index (χ1) is 21.7. The van der Waals surface area contributed by atoms with Gasteiger partial charge in [-0.1, -0.05) is 65.3 Å². The summed E-state index contributed by atoms with van der Waals surface area (Å²) in [6.07, 6.45) is 2.25. The summed E-state index contributed by atoms with van der Waals surface area (Å²) in [4.78, 5) is 0. The van der Waals surface area contributed by atoms with Crippen molar-refractivity contribution in [2.75, 3.05) is 0 Å². The second kappa shape index (κ2) is 7.44. The van der Waals surface area contributed by atoms with Crippen molar-refractivity contribution >= 4 is 32.6 Å². The normalized spacial score (nSPS) is 16.7. The van der Waals surface area contributed by atoms with Crippen molar-refractivity contribution in [1.29, 1.82) is 0 Å². The number of rotatable bonds is 1. The van der Waals surface area contributed by atoms with E-state index in [1.54, 1.807) is 0 Å². The Morgan fingerprint density at radius 3 is 2.43 bits per heavy atom. The lowest BCUT2D eigenvalue weighted by Crippen LogP contribution is -2.77. The largest absolute Gasteiger partial charge is 0.456 e. The van der Waals surface area contributed by atoms with Gasteiger partial charge in [0, 0.05) is 23.8 Å². The van der Waals surface area contributed by atoms with Crippen LogP contribution in [-0.4, -0.2) is 9.25 Å². The number of benzene rings is 5. The van der Waals surface area contributed by atoms with Gasteiger partial charge in [0.1, 0.15) is 28.3 Å². The first-order valence-electron chi connectivity index (χ1n) is 15.2. The quantitative estimate of drug-likeness (QED) is 0.188. The fraction of sp³-hybridized carbons (Fsp3) is 0.0769. The van der Waals surface area contributed by atoms with E-state index < -0.39 is 5.66 Å². The van der Waals surface area contributed by atoms with Crippen LogP contribution in [0.15, 0.2) is 121 Å². The highest BCUT2D eigenvalue weighted by atomic mass is 16.5. The van der Waals surface area contributed by atoms with Crippen molar-refractivity contribution < 1.29 is 14.0 Å². The second-order valence-electron chi connectivity index (χ2n) is 12.3. The lowest BCUT2D eigenvalue weighted by molar-refractivity contribution is -0.995. The van der Waals surface area contributed by atoms with Crippen molar-refractivity contribution in [2.24, 2.45) is 0 Å². The van der Waals surface area contributed by atoms with Crippen LogP contribution < -0.4 is 14.0 Å². The molecule has 5 heteroatoms. The fourth-order valence-corrected chi connectivity index (χ4v) is 8.73. The minimum Gasteiger partial charge on any atom is -0.456 e. The van der Waals surface area contributed by atoms with E-state index in [0.29, 0.717) is 0 Å². The van der Waals surface area contributed by atoms with E-state index in [2.05, 4.69) is 154 Å². The molecule has 0 saturated carbocycles. The van der Waals surface area contributed by atoms with Crippen LogP contribution in [-0.2, 0) is 5.66 Å². The van der Waals surface area contributed by atoms with Gasteiger partial charge in [0.2, 0.25) is 5.69 Å². The molecule has 6 heterocycles. The number of ether oxygens (including phenoxy) is 1. The maximum absolute atomic E-state index is 6.83. The molecule has 0 fully saturated rings. The summed E-state index contributed by atoms with van der Waals surface area (Å²) in [6, 6.07) is 41.7. The van der Waals surface area contributed by atoms with E-state index in [1.807, 2.05) is 0 Å². The zero-order valence-electron chi connectivity index (χ0n) is 24.2. The first kappa shape index (κ1) is 22.9. The Labute approximate surface area is 253 Å². The number of nitrogens with zero attached hydrogens (tertiary/aromatic N) is 4. The first-order valence-corrected chi connectivity index (χ1v) is 15.2. The number of hydrogen-bond donors (Lipinski definition) is 0. The minimum absolute atomic E-state index is 0.677. The van der Waals surface area contributed by atoms with E-state index in [4.69, 9.17) is 4.74 Å². The van der Waals surface area contributed by atoms with E-state index in [1.165, 1.54) is 66.2 Å². The van der Waals surface area contributed by atoms with E-state index >= 15 is 0 Å². The summed E-state index contributed by atoms with van der Waals surface area (Å²) in [6.45, 7) is 4.55. The molecule has 3 aromatic heterocycles. The average molecular weight is 567 g/mol. The van der Waals surface area contributed by atoms with Crippen LogP contribution in [0.25, 0.3) is 55.2 Å². The smallest absolute Gasteiger partial charge is 0.397 e. The predicted molar refractivity (Wildman–Crippen MR) is 171 cm³/mol. The molecule has 1 unspecified atom stereocenters. The molecule has 5 nitrogen and oxygen atoms in total. The molecule has 0 amide bonds. The summed E-state index contributed by atoms with van der Waals surface area (Å²) < 4.78 is 16.7. The standard InChI is InChI=1S/C39H26N4O/c1-23-35(27-18-17-25-10-3-4-11-26(25)22-27)24(2)43-39-36-31(42(23)43)14-9-15-32(36)44-33-20-19-29-28-12-5-6-13-30(28)41(38(29)37(33)39)34-16-7-8-21-40(34)39/h3-22H,1-2H3/q+2. The summed E-state index contributed by atoms with van der Waals surface area (Å²) >= 11 is 0. The van der Waals surface area contributed by atoms with Gasteiger partial charge in [-0.2, -0.15) is 9.13 Å². The highest BCUT2D eigenvalue weighted by Crippen LogP contribution is 2.56. The Hall–Kier alpha value is -5.68. The van der Waals surface area contributed by atoms with Gasteiger partial charge >= 0.3 is 5.66 Å². The summed E-state index contributed by atoms with van der Waals surface area (Å²) in [5.74, 6) is 2.94. The van der Waals surface area contributed by atoms with E-state index in [9.17, 15) is 0 Å². The van der Waals surface area contributed by atoms with Gasteiger partial charge in [-0.15, -0.1) is 4.68 Å². The Balaban J connectivity index is 1.37. The molecular formula is C39H26N4O+2. The number of para-hydroxylation sites is 1. The SMILES string of the molecule is Cc1c(-c2ccc3ccccc3c2)c(C)[n+]2n1-c1cccc3c1C21c2c(ccc4c5ccccc5n(c24)-c2cccc[n+]21)O3. The van der Waals surface area contributed by atoms with Crippen LogP contribution in [0.2, 0.25) is 0 Å². The highest BCUT2D eigenvalue weighted by molar-refractivity contribution is 6.11. The molecular weight excluding hydrogens is 540 g/mol. The molecule has 3 aliphatic heterocycles. The van der Waals surface area contributed by atoms with Gasteiger partial charge in [-0.3, -0.25) is 0 Å². The van der Waals surface area contributed by atoms with Crippen LogP contribution in [0.1, 0.15) is 22.5 Å². The zero-order chi connectivity index (χ0) is 28.9. The maximum atomic E-state index is 6.83. The number of aromatic nitrogens is 4. The molecule has 8 aromatic rings. The number of pyridine rings is 1. The monoisotopic (exact) mass is 566 g/mol. The molecule has 1 spiro atoms. The van der Waals surface area contributed by atoms with Crippen LogP contribution >= 0.6 is 0 Å². The lowest BCUT2D eigenvalue weighted by atomic mass is 9.84. The maximum Gasteiger partial charge on any atom is 0.397 e. The molecule has 1 atom stereocenters. The number of fused-ring (bicyclic) bond motifs is 8. The molecule has 5 aromatic carbocycles. The Bertz CT molecular complexity index is 2620. The van der Waals surface area contributed by atoms with Crippen LogP contribution in [0.4, 0.5) is 0 Å². The van der Waals surface area contributed by atoms with E-state index in [0.717, 1.165) is 23.0 Å². The molecule has 0 saturated heterocycles. The summed E-state index contributed by atoms with van der Waals surface area (Å²) in [7, 11) is 0. The zero-order valence-corrected chi connectivity index (χ0v) is 24.2. The molecule has 206 valence electrons. The fourth-order valence-electron chi connectivity index (χ4n) is 8.73. The van der Waals surface area contributed by atoms with Crippen LogP contribution in [0.3, 0.4) is 0 Å². The lowest BCUT2D eigenvalue weighted by Gasteiger charge is -2.33. The molecule has 3 aliphatic rings. The Morgan fingerprint density at radius 2 is 1.50 bits per heavy atom. The third-order valence-electron chi connectivity index (χ3n) is 10.3. The van der Waals surface area contributed by atoms with Crippen LogP contribution in [0.5, 0.6) is 11.5 Å². The highest BCUT2D eigenvalue weighted by Gasteiger charge is 2.69. The van der Waals surface area contributed by atoms with Gasteiger partial charge in [0.25, 0.3) is 5.82 Å². The van der Waals surface area contributed by atoms with Crippen molar-refractivity contribution in [3.05, 3.63) is 144 Å². The predicted octanol–water partition coefficient (Wildman–Crippen LogP) is 7.62. The summed E-state index contributed by atoms with van der Waals surface area (Å²) in [5, 5.41) is 5.00. The van der Waals surface area contributed by atoms with Crippen molar-refractivity contribution in [3.63, 3.8) is 0 Å². The third-order valence-corrected chi connectivity index (χ3v) is 10.3. The molecule has 11 rings (SSSR count). The minimum atomic E-state index is -0.677. The van der Waals surface area contributed by atoms with Gasteiger partial charge in [-0.05, 0) is 71.8 Å². The van der Waals surface area contributed by atoms with Gasteiger partial charge in [0.15, 0.2) is 11.1 Å². The Morgan fingerprint density at radius 1 is 0.682 bits per heavy atom. The second-order valence-corrected chi connectivity index (χ2v) is 12.3. The third kappa shape index (κ3) is 2.33. The summed E-state index contributed by atoms with van der Waals surface area (Å²) in [5.41, 5.74) is 10.2. The molecule has 0 N–H and O–H groups in total. The van der Waals surface area contributed by atoms with E-state index in [-0.39, 0.29) is 0 Å². The number of hydrogen-bond acceptors (Lipinski definition) is 1. The van der Waals surface area contributed by atoms with Crippen molar-refractivity contribution in [2.45, 2.75) is 19.5 Å². The van der Waals surface area contributed by atoms with Gasteiger partial charge < -0.3 is 4.74 Å². The molecule has 0 radical (unpaired) electrons. The van der Waals surface area contributed by atoms with Gasteiger partial charge in [-0.25, -0.2) is 0 Å². The van der Waals surface area contributed by atoms with Crippen molar-refractivity contribution in [1.82, 2.24) is 9.25 Å². The molecule has 44 heavy (non-hydrogen) atoms. The van der Waals surface area contributed by atoms with Crippen LogP contribution in [0, 0.1) is 13.8 Å². The van der Waals surface area contributed by atoms with Crippen molar-refractivity contribution in [3.8, 4) is 34.1 Å². The average Bonchev–Trinajstić information content (AvgIpc) is 3.66. The Kier molecular flexibility index (Phi) is 3.87. The molecule has 0 bridgehead atoms. The molecule has 0 aliphatic carbocycles.